The van der Waals surface area contributed by atoms with Crippen LogP contribution in [-0.4, -0.2) is 96.5 Å². The number of carbonyl (C=O) groups is 4. The lowest BCUT2D eigenvalue weighted by molar-refractivity contribution is -0.156. The average Bonchev–Trinajstić information content (AvgIpc) is 4.08. The number of H-pyrrole nitrogens is 2. The lowest BCUT2D eigenvalue weighted by Gasteiger charge is -2.24. The van der Waals surface area contributed by atoms with Gasteiger partial charge in [0.25, 0.3) is 11.8 Å². The van der Waals surface area contributed by atoms with Gasteiger partial charge in [0.15, 0.2) is 0 Å². The maximum atomic E-state index is 13.4. The molecule has 0 spiro atoms. The number of aromatic amines is 2. The first kappa shape index (κ1) is 56.1. The molecule has 0 atom stereocenters. The number of nitrogens with zero attached hydrogens (tertiary/aromatic N) is 1. The molecular weight excluding hydrogens is 1120 g/mol. The zero-order valence-electron chi connectivity index (χ0n) is 38.5. The number of ether oxygens (including phenoxy) is 1. The van der Waals surface area contributed by atoms with Crippen molar-refractivity contribution in [2.24, 2.45) is 0 Å². The summed E-state index contributed by atoms with van der Waals surface area (Å²) in [6.45, 7) is 7.42. The molecule has 5 N–H and O–H groups in total. The van der Waals surface area contributed by atoms with Crippen molar-refractivity contribution in [3.8, 4) is 0 Å². The number of amides is 3. The Morgan fingerprint density at radius 3 is 1.54 bits per heavy atom. The van der Waals surface area contributed by atoms with Crippen LogP contribution in [0.1, 0.15) is 54.4 Å². The first-order valence-electron chi connectivity index (χ1n) is 21.5. The minimum absolute atomic E-state index is 0.0435. The highest BCUT2D eigenvalue weighted by molar-refractivity contribution is 9.10. The third-order valence-corrected chi connectivity index (χ3v) is 12.0. The molecule has 0 saturated carbocycles. The van der Waals surface area contributed by atoms with Crippen molar-refractivity contribution in [1.29, 1.82) is 0 Å². The number of rotatable bonds is 10. The van der Waals surface area contributed by atoms with Gasteiger partial charge in [-0.25, -0.2) is 4.79 Å². The van der Waals surface area contributed by atoms with E-state index in [1.807, 2.05) is 101 Å². The van der Waals surface area contributed by atoms with Gasteiger partial charge in [-0.15, -0.1) is 23.2 Å². The molecule has 11 nitrogen and oxygen atoms in total. The van der Waals surface area contributed by atoms with Gasteiger partial charge in [-0.3, -0.25) is 14.4 Å². The highest BCUT2D eigenvalue weighted by atomic mass is 79.9. The van der Waals surface area contributed by atoms with Gasteiger partial charge in [0, 0.05) is 98.3 Å². The Balaban J connectivity index is 0.000000226. The first-order valence-corrected chi connectivity index (χ1v) is 24.9. The van der Waals surface area contributed by atoms with E-state index in [9.17, 15) is 27.6 Å². The molecule has 3 amide bonds. The number of hydrogen-bond donors (Lipinski definition) is 5. The van der Waals surface area contributed by atoms with Crippen molar-refractivity contribution in [2.75, 3.05) is 45.6 Å². The van der Waals surface area contributed by atoms with E-state index in [0.29, 0.717) is 48.1 Å². The number of aldehydes is 1. The number of aromatic nitrogens is 2. The zero-order valence-corrected chi connectivity index (χ0v) is 44.7. The first-order chi connectivity index (χ1) is 33.1. The van der Waals surface area contributed by atoms with E-state index in [1.54, 1.807) is 7.05 Å². The van der Waals surface area contributed by atoms with Crippen LogP contribution in [0.5, 0.6) is 0 Å². The van der Waals surface area contributed by atoms with E-state index in [2.05, 4.69) is 69.9 Å². The summed E-state index contributed by atoms with van der Waals surface area (Å²) in [5, 5.41) is 12.6. The Bertz CT molecular complexity index is 2950. The predicted octanol–water partition coefficient (Wildman–Crippen LogP) is 12.6. The van der Waals surface area contributed by atoms with E-state index in [4.69, 9.17) is 55.9 Å². The zero-order chi connectivity index (χ0) is 51.5. The monoisotopic (exact) mass is 1170 g/mol. The number of carbonyl (C=O) groups excluding carboxylic acids is 4. The van der Waals surface area contributed by atoms with Gasteiger partial charge in [0.1, 0.15) is 5.60 Å². The average molecular weight is 1170 g/mol. The molecule has 20 heteroatoms. The Morgan fingerprint density at radius 2 is 1.14 bits per heavy atom. The number of benzene rings is 4. The SMILES string of the molecule is CN(CCNC(=O)C1=C(c2cc3cc(Cl)ccc3[nH]2)Cc2cc(Br)ccc21)C(=O)OC(C)(C)C.CNCCNC(=O)C1=C(c2cc3cc(Cl)ccc3[nH]2)Cc2cc(Br)ccc21.ClCCl.O=CC(F)(F)F. The molecule has 0 saturated heterocycles. The topological polar surface area (TPSA) is 148 Å². The number of likely N-dealkylation sites (N-methyl/N-ethyl adjacent to an activating group) is 2. The van der Waals surface area contributed by atoms with Gasteiger partial charge in [-0.2, -0.15) is 13.2 Å². The van der Waals surface area contributed by atoms with Gasteiger partial charge in [0.2, 0.25) is 6.29 Å². The molecule has 4 aromatic carbocycles. The summed E-state index contributed by atoms with van der Waals surface area (Å²) in [6.07, 6.45) is -4.78. The predicted molar refractivity (Wildman–Crippen MR) is 283 cm³/mol. The van der Waals surface area contributed by atoms with Crippen LogP contribution in [-0.2, 0) is 32.0 Å². The van der Waals surface area contributed by atoms with Crippen molar-refractivity contribution < 1.29 is 37.1 Å². The second-order valence-corrected chi connectivity index (χ2v) is 20.3. The molecule has 0 bridgehead atoms. The van der Waals surface area contributed by atoms with Crippen LogP contribution in [0.15, 0.2) is 93.9 Å². The summed E-state index contributed by atoms with van der Waals surface area (Å²) in [6, 6.07) is 27.6. The Labute approximate surface area is 440 Å². The maximum absolute atomic E-state index is 13.4. The van der Waals surface area contributed by atoms with Crippen LogP contribution >= 0.6 is 78.3 Å². The Hall–Kier alpha value is -4.81. The van der Waals surface area contributed by atoms with Crippen molar-refractivity contribution in [2.45, 2.75) is 45.4 Å². The van der Waals surface area contributed by atoms with E-state index in [0.717, 1.165) is 87.7 Å². The fourth-order valence-electron chi connectivity index (χ4n) is 7.54. The number of nitrogens with one attached hydrogen (secondary N) is 5. The molecule has 0 aliphatic heterocycles. The fraction of sp³-hybridized carbons (Fsp3) is 0.280. The molecule has 0 radical (unpaired) electrons. The summed E-state index contributed by atoms with van der Waals surface area (Å²) in [5.41, 5.74) is 10.7. The molecule has 2 aromatic heterocycles. The van der Waals surface area contributed by atoms with Crippen LogP contribution in [0.4, 0.5) is 18.0 Å². The summed E-state index contributed by atoms with van der Waals surface area (Å²) < 4.78 is 38.6. The lowest BCUT2D eigenvalue weighted by Crippen LogP contribution is -2.39. The van der Waals surface area contributed by atoms with Crippen LogP contribution in [0, 0.1) is 0 Å². The van der Waals surface area contributed by atoms with Gasteiger partial charge in [-0.1, -0.05) is 67.2 Å². The number of alkyl halides is 5. The van der Waals surface area contributed by atoms with Crippen LogP contribution < -0.4 is 16.0 Å². The largest absolute Gasteiger partial charge is 0.446 e. The van der Waals surface area contributed by atoms with Gasteiger partial charge < -0.3 is 35.6 Å². The molecule has 2 aliphatic carbocycles. The Kier molecular flexibility index (Phi) is 20.1. The second kappa shape index (κ2) is 25.0. The van der Waals surface area contributed by atoms with Crippen LogP contribution in [0.3, 0.4) is 0 Å². The van der Waals surface area contributed by atoms with Gasteiger partial charge in [-0.05, 0) is 134 Å². The summed E-state index contributed by atoms with van der Waals surface area (Å²) in [5.74, 6) is -0.219. The molecule has 6 aromatic rings. The van der Waals surface area contributed by atoms with Crippen molar-refractivity contribution in [1.82, 2.24) is 30.8 Å². The minimum atomic E-state index is -4.64. The van der Waals surface area contributed by atoms with E-state index in [1.165, 1.54) is 4.90 Å². The minimum Gasteiger partial charge on any atom is -0.444 e. The third kappa shape index (κ3) is 15.3. The molecule has 2 aliphatic rings. The standard InChI is InChI=1S/C26H27BrClN3O3.C21H19BrClN3O.C2HF3O.CH2Cl2/c1-26(2,3)34-25(33)31(4)10-9-29-24(32)23-19-7-5-17(27)11-15(19)13-20(23)22-14-16-12-18(28)6-8-21(16)30-22;1-24-6-7-25-21(27)20-16-4-2-14(22)8-12(16)10-17(20)19-11-13-9-15(23)3-5-18(13)26-19;3-2(4,5)1-6;2-1-3/h5-8,11-12,14,30H,9-10,13H2,1-4H3,(H,29,32);2-5,8-9,11,24,26H,6-7,10H2,1H3,(H,25,27);1H;1H2. The van der Waals surface area contributed by atoms with Crippen molar-refractivity contribution in [3.63, 3.8) is 0 Å². The quantitative estimate of drug-likeness (QED) is 0.0524. The number of hydrogen-bond acceptors (Lipinski definition) is 6. The van der Waals surface area contributed by atoms with Gasteiger partial charge in [0.05, 0.1) is 16.5 Å². The second-order valence-electron chi connectivity index (χ2n) is 16.8. The van der Waals surface area contributed by atoms with E-state index < -0.39 is 24.2 Å². The molecule has 8 rings (SSSR count). The number of fused-ring (bicyclic) bond motifs is 4. The molecule has 0 unspecified atom stereocenters. The maximum Gasteiger partial charge on any atom is 0.446 e. The van der Waals surface area contributed by atoms with Crippen LogP contribution in [0.2, 0.25) is 10.0 Å². The molecular formula is C50H49Br2Cl4F3N6O5. The lowest BCUT2D eigenvalue weighted by atomic mass is 10.0. The highest BCUT2D eigenvalue weighted by Crippen LogP contribution is 2.42. The van der Waals surface area contributed by atoms with Crippen molar-refractivity contribution in [3.05, 3.63) is 138 Å². The number of halogens is 9. The molecule has 0 fully saturated rings. The summed E-state index contributed by atoms with van der Waals surface area (Å²) in [4.78, 5) is 55.6. The summed E-state index contributed by atoms with van der Waals surface area (Å²) in [7, 11) is 3.53. The molecule has 2 heterocycles. The van der Waals surface area contributed by atoms with Crippen LogP contribution in [0.25, 0.3) is 44.1 Å². The van der Waals surface area contributed by atoms with E-state index >= 15 is 0 Å². The van der Waals surface area contributed by atoms with Gasteiger partial charge >= 0.3 is 12.3 Å². The normalized spacial score (nSPS) is 12.8. The fourth-order valence-corrected chi connectivity index (χ4v) is 8.72. The smallest absolute Gasteiger partial charge is 0.444 e. The highest BCUT2D eigenvalue weighted by Gasteiger charge is 2.31. The van der Waals surface area contributed by atoms with E-state index in [-0.39, 0.29) is 17.2 Å². The molecule has 70 heavy (non-hydrogen) atoms. The summed E-state index contributed by atoms with van der Waals surface area (Å²) >= 11 is 28.9. The molecule has 372 valence electrons. The Morgan fingerprint density at radius 1 is 0.714 bits per heavy atom. The number of allylic oxidation sites excluding steroid dienone is 2. The van der Waals surface area contributed by atoms with Crippen molar-refractivity contribution >= 4 is 147 Å². The third-order valence-electron chi connectivity index (χ3n) is 10.5.